The van der Waals surface area contributed by atoms with E-state index in [0.717, 1.165) is 11.1 Å². The molecule has 0 bridgehead atoms. The molecule has 2 aromatic rings. The number of hydrogen-bond acceptors (Lipinski definition) is 2. The van der Waals surface area contributed by atoms with Crippen LogP contribution in [-0.4, -0.2) is 24.5 Å². The van der Waals surface area contributed by atoms with Gasteiger partial charge >= 0.3 is 0 Å². The van der Waals surface area contributed by atoms with Gasteiger partial charge in [-0.05, 0) is 30.7 Å². The normalized spacial score (nSPS) is 10.0. The van der Waals surface area contributed by atoms with Gasteiger partial charge in [-0.3, -0.25) is 4.79 Å². The molecule has 0 aliphatic rings. The van der Waals surface area contributed by atoms with Gasteiger partial charge in [-0.2, -0.15) is 0 Å². The maximum absolute atomic E-state index is 13.5. The number of hydrogen-bond donors (Lipinski definition) is 0. The molecule has 0 radical (unpaired) electrons. The molecule has 0 unspecified atom stereocenters. The Bertz CT molecular complexity index is 732. The number of terminal acetylenes is 1. The second-order valence-electron chi connectivity index (χ2n) is 5.20. The van der Waals surface area contributed by atoms with Crippen LogP contribution in [0.1, 0.15) is 21.5 Å². The average Bonchev–Trinajstić information content (AvgIpc) is 2.55. The monoisotopic (exact) mass is 311 g/mol. The van der Waals surface area contributed by atoms with Crippen LogP contribution in [0.3, 0.4) is 0 Å². The number of aryl methyl sites for hydroxylation is 1. The Balaban J connectivity index is 2.30. The number of benzene rings is 2. The third kappa shape index (κ3) is 4.10. The quantitative estimate of drug-likeness (QED) is 0.792. The minimum atomic E-state index is -0.495. The summed E-state index contributed by atoms with van der Waals surface area (Å²) < 4.78 is 18.6. The van der Waals surface area contributed by atoms with Gasteiger partial charge in [0.25, 0.3) is 5.91 Å². The Kier molecular flexibility index (Phi) is 5.37. The largest absolute Gasteiger partial charge is 0.496 e. The molecule has 1 amide bonds. The minimum Gasteiger partial charge on any atom is -0.496 e. The fraction of sp³-hybridized carbons (Fsp3) is 0.211. The molecule has 23 heavy (non-hydrogen) atoms. The van der Waals surface area contributed by atoms with Crippen molar-refractivity contribution < 1.29 is 13.9 Å². The molecular weight excluding hydrogens is 293 g/mol. The number of carbonyl (C=O) groups is 1. The van der Waals surface area contributed by atoms with E-state index in [2.05, 4.69) is 5.92 Å². The zero-order valence-corrected chi connectivity index (χ0v) is 13.2. The fourth-order valence-electron chi connectivity index (χ4n) is 2.24. The van der Waals surface area contributed by atoms with Gasteiger partial charge in [-0.1, -0.05) is 35.7 Å². The Labute approximate surface area is 135 Å². The van der Waals surface area contributed by atoms with Gasteiger partial charge in [0.1, 0.15) is 11.6 Å². The lowest BCUT2D eigenvalue weighted by molar-refractivity contribution is 0.0762. The number of rotatable bonds is 5. The highest BCUT2D eigenvalue weighted by Gasteiger charge is 2.20. The summed E-state index contributed by atoms with van der Waals surface area (Å²) in [5, 5.41) is 0. The van der Waals surface area contributed by atoms with E-state index in [-0.39, 0.29) is 18.0 Å². The Morgan fingerprint density at radius 3 is 2.57 bits per heavy atom. The number of carbonyl (C=O) groups excluding carboxylic acids is 1. The smallest absolute Gasteiger partial charge is 0.258 e. The molecule has 2 aromatic carbocycles. The van der Waals surface area contributed by atoms with Crippen molar-refractivity contribution in [1.82, 2.24) is 4.90 Å². The summed E-state index contributed by atoms with van der Waals surface area (Å²) in [6.07, 6.45) is 5.37. The first-order chi connectivity index (χ1) is 11.0. The molecule has 2 rings (SSSR count). The molecule has 3 nitrogen and oxygen atoms in total. The molecule has 0 heterocycles. The van der Waals surface area contributed by atoms with Gasteiger partial charge in [-0.25, -0.2) is 4.39 Å². The van der Waals surface area contributed by atoms with Crippen LogP contribution in [0.4, 0.5) is 4.39 Å². The van der Waals surface area contributed by atoms with Crippen LogP contribution >= 0.6 is 0 Å². The molecule has 0 fully saturated rings. The van der Waals surface area contributed by atoms with Crippen LogP contribution in [0.25, 0.3) is 0 Å². The van der Waals surface area contributed by atoms with Crippen molar-refractivity contribution in [3.05, 3.63) is 65.0 Å². The van der Waals surface area contributed by atoms with Crippen molar-refractivity contribution >= 4 is 5.91 Å². The molecule has 0 saturated heterocycles. The number of nitrogens with zero attached hydrogens (tertiary/aromatic N) is 1. The van der Waals surface area contributed by atoms with E-state index in [1.165, 1.54) is 30.2 Å². The maximum atomic E-state index is 13.5. The molecule has 0 atom stereocenters. The number of amides is 1. The van der Waals surface area contributed by atoms with Gasteiger partial charge in [-0.15, -0.1) is 6.42 Å². The number of methoxy groups -OCH3 is 1. The van der Waals surface area contributed by atoms with E-state index in [0.29, 0.717) is 12.3 Å². The third-order valence-corrected chi connectivity index (χ3v) is 3.46. The summed E-state index contributed by atoms with van der Waals surface area (Å²) in [5.74, 6) is 1.94. The highest BCUT2D eigenvalue weighted by Crippen LogP contribution is 2.22. The summed E-state index contributed by atoms with van der Waals surface area (Å²) in [4.78, 5) is 14.2. The summed E-state index contributed by atoms with van der Waals surface area (Å²) >= 11 is 0. The van der Waals surface area contributed by atoms with Crippen LogP contribution in [0.5, 0.6) is 5.75 Å². The number of halogens is 1. The van der Waals surface area contributed by atoms with E-state index < -0.39 is 5.82 Å². The topological polar surface area (TPSA) is 29.5 Å². The average molecular weight is 311 g/mol. The second-order valence-corrected chi connectivity index (χ2v) is 5.20. The van der Waals surface area contributed by atoms with Gasteiger partial charge in [0, 0.05) is 6.54 Å². The van der Waals surface area contributed by atoms with E-state index in [1.54, 1.807) is 0 Å². The zero-order chi connectivity index (χ0) is 16.8. The SMILES string of the molecule is C#CCN(Cc1ccc(C)cc1)C(=O)c1cc(F)ccc1OC. The van der Waals surface area contributed by atoms with Crippen LogP contribution in [-0.2, 0) is 6.54 Å². The molecule has 0 aliphatic heterocycles. The first kappa shape index (κ1) is 16.6. The van der Waals surface area contributed by atoms with E-state index in [1.807, 2.05) is 31.2 Å². The van der Waals surface area contributed by atoms with Crippen LogP contribution in [0.15, 0.2) is 42.5 Å². The molecule has 118 valence electrons. The zero-order valence-electron chi connectivity index (χ0n) is 13.2. The molecule has 0 spiro atoms. The Morgan fingerprint density at radius 2 is 1.96 bits per heavy atom. The van der Waals surface area contributed by atoms with Crippen LogP contribution < -0.4 is 4.74 Å². The highest BCUT2D eigenvalue weighted by molar-refractivity contribution is 5.97. The van der Waals surface area contributed by atoms with Crippen molar-refractivity contribution in [2.75, 3.05) is 13.7 Å². The highest BCUT2D eigenvalue weighted by atomic mass is 19.1. The van der Waals surface area contributed by atoms with E-state index in [4.69, 9.17) is 11.2 Å². The van der Waals surface area contributed by atoms with Crippen molar-refractivity contribution in [2.24, 2.45) is 0 Å². The van der Waals surface area contributed by atoms with Crippen molar-refractivity contribution in [3.8, 4) is 18.1 Å². The lowest BCUT2D eigenvalue weighted by atomic mass is 10.1. The summed E-state index contributed by atoms with van der Waals surface area (Å²) in [6.45, 7) is 2.47. The second kappa shape index (κ2) is 7.46. The van der Waals surface area contributed by atoms with Crippen molar-refractivity contribution in [1.29, 1.82) is 0 Å². The lowest BCUT2D eigenvalue weighted by Crippen LogP contribution is -2.31. The molecule has 0 aromatic heterocycles. The summed E-state index contributed by atoms with van der Waals surface area (Å²) in [7, 11) is 1.44. The first-order valence-corrected chi connectivity index (χ1v) is 7.17. The minimum absolute atomic E-state index is 0.131. The summed E-state index contributed by atoms with van der Waals surface area (Å²) in [5.41, 5.74) is 2.25. The molecule has 0 aliphatic carbocycles. The Morgan fingerprint density at radius 1 is 1.26 bits per heavy atom. The maximum Gasteiger partial charge on any atom is 0.258 e. The predicted molar refractivity (Wildman–Crippen MR) is 87.7 cm³/mol. The molecular formula is C19H18FNO2. The van der Waals surface area contributed by atoms with E-state index in [9.17, 15) is 9.18 Å². The van der Waals surface area contributed by atoms with Crippen molar-refractivity contribution in [2.45, 2.75) is 13.5 Å². The van der Waals surface area contributed by atoms with Gasteiger partial charge in [0.2, 0.25) is 0 Å². The van der Waals surface area contributed by atoms with Crippen LogP contribution in [0, 0.1) is 25.1 Å². The fourth-order valence-corrected chi connectivity index (χ4v) is 2.24. The van der Waals surface area contributed by atoms with Gasteiger partial charge in [0.05, 0.1) is 19.2 Å². The molecule has 0 saturated carbocycles. The lowest BCUT2D eigenvalue weighted by Gasteiger charge is -2.21. The molecule has 0 N–H and O–H groups in total. The van der Waals surface area contributed by atoms with Crippen molar-refractivity contribution in [3.63, 3.8) is 0 Å². The van der Waals surface area contributed by atoms with Gasteiger partial charge < -0.3 is 9.64 Å². The summed E-state index contributed by atoms with van der Waals surface area (Å²) in [6, 6.07) is 11.7. The molecule has 4 heteroatoms. The van der Waals surface area contributed by atoms with Gasteiger partial charge in [0.15, 0.2) is 0 Å². The predicted octanol–water partition coefficient (Wildman–Crippen LogP) is 3.42. The third-order valence-electron chi connectivity index (χ3n) is 3.46. The van der Waals surface area contributed by atoms with E-state index >= 15 is 0 Å². The van der Waals surface area contributed by atoms with Crippen LogP contribution in [0.2, 0.25) is 0 Å². The first-order valence-electron chi connectivity index (χ1n) is 7.17. The Hall–Kier alpha value is -2.80. The number of ether oxygens (including phenoxy) is 1. The standard InChI is InChI=1S/C19H18FNO2/c1-4-11-21(13-15-7-5-14(2)6-8-15)19(22)17-12-16(20)9-10-18(17)23-3/h1,5-10,12H,11,13H2,2-3H3.